The lowest BCUT2D eigenvalue weighted by molar-refractivity contribution is -0.140. The van der Waals surface area contributed by atoms with Gasteiger partial charge in [-0.2, -0.15) is 0 Å². The van der Waals surface area contributed by atoms with Gasteiger partial charge in [0.05, 0.1) is 12.3 Å². The fourth-order valence-corrected chi connectivity index (χ4v) is 8.17. The molecule has 0 bridgehead atoms. The average Bonchev–Trinajstić information content (AvgIpc) is 3.71. The highest BCUT2D eigenvalue weighted by Gasteiger charge is 2.48. The van der Waals surface area contributed by atoms with E-state index in [4.69, 9.17) is 11.6 Å². The molecule has 0 spiro atoms. The monoisotopic (exact) mass is 659 g/mol. The fraction of sp³-hybridized carbons (Fsp3) is 0.514. The molecule has 3 aliphatic rings. The van der Waals surface area contributed by atoms with Crippen molar-refractivity contribution < 1.29 is 19.2 Å². The topological polar surface area (TPSA) is 115 Å². The van der Waals surface area contributed by atoms with Crippen LogP contribution in [0.3, 0.4) is 0 Å². The van der Waals surface area contributed by atoms with Gasteiger partial charge in [0, 0.05) is 61.3 Å². The molecule has 3 aromatic rings. The molecule has 3 N–H and O–H groups in total. The van der Waals surface area contributed by atoms with E-state index < -0.39 is 12.0 Å². The lowest BCUT2D eigenvalue weighted by Gasteiger charge is -2.40. The van der Waals surface area contributed by atoms with E-state index >= 15 is 0 Å². The first kappa shape index (κ1) is 33.1. The van der Waals surface area contributed by atoms with Crippen molar-refractivity contribution in [2.45, 2.75) is 63.8 Å². The summed E-state index contributed by atoms with van der Waals surface area (Å²) in [6.45, 7) is 1.83. The van der Waals surface area contributed by atoms with Crippen LogP contribution in [0.15, 0.2) is 54.7 Å². The highest BCUT2D eigenvalue weighted by atomic mass is 35.5. The summed E-state index contributed by atoms with van der Waals surface area (Å²) in [7, 11) is 1.58. The maximum absolute atomic E-state index is 14.1. The number of hydrogen-bond acceptors (Lipinski definition) is 4. The molecule has 2 aliphatic heterocycles. The van der Waals surface area contributed by atoms with Gasteiger partial charge in [-0.1, -0.05) is 67.3 Å². The van der Waals surface area contributed by atoms with E-state index in [2.05, 4.69) is 27.8 Å². The molecule has 1 saturated carbocycles. The van der Waals surface area contributed by atoms with Crippen LogP contribution in [0, 0.1) is 23.7 Å². The SMILES string of the molecule is CNC(=O)[C@H](CCCc1ccccc1)NC(=O)C1CN(C(=O)Cc2c[nH]c3cc(Cl)ccc23)CC2CN(C(=O)C3CCCCC3)CC21. The third kappa shape index (κ3) is 7.67. The number of piperidine rings is 1. The Labute approximate surface area is 281 Å². The van der Waals surface area contributed by atoms with Crippen LogP contribution in [0.5, 0.6) is 0 Å². The number of aryl methyl sites for hydroxylation is 1. The summed E-state index contributed by atoms with van der Waals surface area (Å²) in [6, 6.07) is 15.0. The van der Waals surface area contributed by atoms with E-state index in [0.717, 1.165) is 55.0 Å². The second-order valence-corrected chi connectivity index (χ2v) is 14.1. The number of fused-ring (bicyclic) bond motifs is 2. The lowest BCUT2D eigenvalue weighted by atomic mass is 9.79. The van der Waals surface area contributed by atoms with Crippen LogP contribution < -0.4 is 10.6 Å². The van der Waals surface area contributed by atoms with E-state index in [9.17, 15) is 19.2 Å². The number of hydrogen-bond donors (Lipinski definition) is 3. The van der Waals surface area contributed by atoms with Crippen molar-refractivity contribution in [3.63, 3.8) is 0 Å². The largest absolute Gasteiger partial charge is 0.361 e. The molecule has 3 unspecified atom stereocenters. The van der Waals surface area contributed by atoms with Gasteiger partial charge in [0.25, 0.3) is 0 Å². The van der Waals surface area contributed by atoms with Crippen molar-refractivity contribution >= 4 is 46.1 Å². The lowest BCUT2D eigenvalue weighted by Crippen LogP contribution is -2.56. The summed E-state index contributed by atoms with van der Waals surface area (Å²) in [5.41, 5.74) is 2.94. The Morgan fingerprint density at radius 1 is 0.957 bits per heavy atom. The van der Waals surface area contributed by atoms with Crippen LogP contribution in [0.1, 0.15) is 56.1 Å². The predicted molar refractivity (Wildman–Crippen MR) is 183 cm³/mol. The van der Waals surface area contributed by atoms with E-state index in [0.29, 0.717) is 31.1 Å². The third-order valence-corrected chi connectivity index (χ3v) is 10.8. The zero-order chi connectivity index (χ0) is 32.9. The molecule has 4 atom stereocenters. The van der Waals surface area contributed by atoms with Crippen molar-refractivity contribution in [1.29, 1.82) is 0 Å². The Hall–Kier alpha value is -3.85. The predicted octanol–water partition coefficient (Wildman–Crippen LogP) is 4.73. The number of likely N-dealkylation sites (tertiary alicyclic amines) is 2. The van der Waals surface area contributed by atoms with E-state index in [1.165, 1.54) is 12.0 Å². The molecule has 4 amide bonds. The van der Waals surface area contributed by atoms with Gasteiger partial charge in [-0.15, -0.1) is 0 Å². The first-order valence-electron chi connectivity index (χ1n) is 17.2. The molecule has 10 heteroatoms. The number of carbonyl (C=O) groups excluding carboxylic acids is 4. The van der Waals surface area contributed by atoms with Crippen molar-refractivity contribution in [1.82, 2.24) is 25.4 Å². The number of rotatable bonds is 10. The molecule has 2 aromatic carbocycles. The maximum Gasteiger partial charge on any atom is 0.242 e. The summed E-state index contributed by atoms with van der Waals surface area (Å²) < 4.78 is 0. The summed E-state index contributed by atoms with van der Waals surface area (Å²) in [5.74, 6) is -0.869. The van der Waals surface area contributed by atoms with E-state index in [-0.39, 0.29) is 54.3 Å². The number of benzene rings is 2. The molecule has 3 fully saturated rings. The molecule has 250 valence electrons. The second-order valence-electron chi connectivity index (χ2n) is 13.6. The normalized spacial score (nSPS) is 22.1. The minimum atomic E-state index is -0.680. The zero-order valence-electron chi connectivity index (χ0n) is 27.2. The van der Waals surface area contributed by atoms with Crippen LogP contribution in [-0.2, 0) is 32.0 Å². The number of nitrogens with one attached hydrogen (secondary N) is 3. The number of aromatic amines is 1. The van der Waals surface area contributed by atoms with Gasteiger partial charge in [0.2, 0.25) is 23.6 Å². The number of aromatic nitrogens is 1. The Morgan fingerprint density at radius 3 is 2.49 bits per heavy atom. The Kier molecular flexibility index (Phi) is 10.5. The number of nitrogens with zero attached hydrogens (tertiary/aromatic N) is 2. The van der Waals surface area contributed by atoms with E-state index in [1.54, 1.807) is 11.9 Å². The number of halogens is 1. The first-order valence-corrected chi connectivity index (χ1v) is 17.6. The number of H-pyrrole nitrogens is 1. The van der Waals surface area contributed by atoms with Crippen LogP contribution >= 0.6 is 11.6 Å². The number of carbonyl (C=O) groups is 4. The summed E-state index contributed by atoms with van der Waals surface area (Å²) in [6.07, 6.45) is 9.26. The van der Waals surface area contributed by atoms with Crippen LogP contribution in [0.2, 0.25) is 5.02 Å². The first-order chi connectivity index (χ1) is 22.8. The molecule has 3 heterocycles. The van der Waals surface area contributed by atoms with Gasteiger partial charge in [-0.25, -0.2) is 0 Å². The molecule has 9 nitrogen and oxygen atoms in total. The quantitative estimate of drug-likeness (QED) is 0.292. The maximum atomic E-state index is 14.1. The molecular formula is C37H46ClN5O4. The molecule has 6 rings (SSSR count). The van der Waals surface area contributed by atoms with Gasteiger partial charge >= 0.3 is 0 Å². The minimum absolute atomic E-state index is 0.00528. The fourth-order valence-electron chi connectivity index (χ4n) is 8.00. The molecule has 1 aliphatic carbocycles. The standard InChI is InChI=1S/C37H46ClN5O4/c1-39-36(46)32(14-8-11-24-9-4-2-5-10-24)41-35(45)31-23-42(34(44)17-26-19-40-33-18-28(38)15-16-29(26)33)20-27-21-43(22-30(27)31)37(47)25-12-6-3-7-13-25/h2,4-5,9-10,15-16,18-19,25,27,30-32,40H,3,6-8,11-14,17,20-23H2,1H3,(H,39,46)(H,41,45)/t27?,30?,31?,32-/m0/s1. The molecular weight excluding hydrogens is 614 g/mol. The number of likely N-dealkylation sites (N-methyl/N-ethyl adjacent to an activating group) is 1. The Bertz CT molecular complexity index is 1590. The van der Waals surface area contributed by atoms with Crippen molar-refractivity contribution in [2.75, 3.05) is 33.2 Å². The molecule has 47 heavy (non-hydrogen) atoms. The van der Waals surface area contributed by atoms with Crippen LogP contribution in [0.4, 0.5) is 0 Å². The van der Waals surface area contributed by atoms with E-state index in [1.807, 2.05) is 47.5 Å². The third-order valence-electron chi connectivity index (χ3n) is 10.6. The smallest absolute Gasteiger partial charge is 0.242 e. The highest BCUT2D eigenvalue weighted by Crippen LogP contribution is 2.38. The average molecular weight is 660 g/mol. The summed E-state index contributed by atoms with van der Waals surface area (Å²) in [5, 5.41) is 7.35. The molecule has 1 aromatic heterocycles. The van der Waals surface area contributed by atoms with Gasteiger partial charge in [-0.3, -0.25) is 19.2 Å². The second kappa shape index (κ2) is 14.9. The van der Waals surface area contributed by atoms with Crippen molar-refractivity contribution in [3.8, 4) is 0 Å². The Morgan fingerprint density at radius 2 is 1.72 bits per heavy atom. The van der Waals surface area contributed by atoms with Gasteiger partial charge in [-0.05, 0) is 67.2 Å². The van der Waals surface area contributed by atoms with Crippen molar-refractivity contribution in [2.24, 2.45) is 23.7 Å². The van der Waals surface area contributed by atoms with Gasteiger partial charge in [0.15, 0.2) is 0 Å². The van der Waals surface area contributed by atoms with Gasteiger partial charge in [0.1, 0.15) is 6.04 Å². The molecule has 0 radical (unpaired) electrons. The summed E-state index contributed by atoms with van der Waals surface area (Å²) in [4.78, 5) is 61.5. The molecule has 2 saturated heterocycles. The summed E-state index contributed by atoms with van der Waals surface area (Å²) >= 11 is 6.17. The van der Waals surface area contributed by atoms with Gasteiger partial charge < -0.3 is 25.4 Å². The number of amides is 4. The van der Waals surface area contributed by atoms with Crippen LogP contribution in [-0.4, -0.2) is 77.7 Å². The Balaban J connectivity index is 1.18. The van der Waals surface area contributed by atoms with Crippen molar-refractivity contribution in [3.05, 3.63) is 70.9 Å². The van der Waals surface area contributed by atoms with Crippen LogP contribution in [0.25, 0.3) is 10.9 Å². The minimum Gasteiger partial charge on any atom is -0.361 e. The highest BCUT2D eigenvalue weighted by molar-refractivity contribution is 6.31. The zero-order valence-corrected chi connectivity index (χ0v) is 27.9.